The molecule has 1 aromatic carbocycles. The van der Waals surface area contributed by atoms with E-state index in [0.29, 0.717) is 5.02 Å². The molecule has 2 rings (SSSR count). The second kappa shape index (κ2) is 6.76. The topological polar surface area (TPSA) is 52.6 Å². The van der Waals surface area contributed by atoms with Gasteiger partial charge >= 0.3 is 6.03 Å². The highest BCUT2D eigenvalue weighted by Crippen LogP contribution is 2.23. The number of amides is 2. The van der Waals surface area contributed by atoms with Gasteiger partial charge in [-0.1, -0.05) is 11.6 Å². The minimum atomic E-state index is -0.208. The fraction of sp³-hybridized carbons (Fsp3) is 0.462. The van der Waals surface area contributed by atoms with Crippen LogP contribution < -0.4 is 8.43 Å². The molecule has 0 unspecified atom stereocenters. The number of nitrogens with one attached hydrogen (secondary N) is 1. The maximum absolute atomic E-state index is 12.1. The van der Waals surface area contributed by atoms with Crippen LogP contribution in [0.15, 0.2) is 24.3 Å². The molecule has 0 bridgehead atoms. The molecule has 19 heavy (non-hydrogen) atoms. The van der Waals surface area contributed by atoms with Crippen molar-refractivity contribution in [2.75, 3.05) is 3.11 Å². The first-order valence-corrected chi connectivity index (χ1v) is 7.60. The van der Waals surface area contributed by atoms with Gasteiger partial charge in [0.25, 0.3) is 0 Å². The number of rotatable bonds is 2. The number of nitrogens with zero attached hydrogens (tertiary/aromatic N) is 1. The SMILES string of the molecule is O=C(NC1CCC(O)CC1)N(I)c1ccc(Cl)cc1. The molecule has 2 N–H and O–H groups in total. The Morgan fingerprint density at radius 3 is 2.42 bits per heavy atom. The zero-order valence-corrected chi connectivity index (χ0v) is 13.3. The summed E-state index contributed by atoms with van der Waals surface area (Å²) in [5, 5.41) is 13.1. The van der Waals surface area contributed by atoms with Crippen LogP contribution in [0, 0.1) is 0 Å². The molecule has 0 heterocycles. The second-order valence-electron chi connectivity index (χ2n) is 4.71. The highest BCUT2D eigenvalue weighted by atomic mass is 127. The lowest BCUT2D eigenvalue weighted by molar-refractivity contribution is 0.118. The van der Waals surface area contributed by atoms with Gasteiger partial charge in [0, 0.05) is 11.1 Å². The quantitative estimate of drug-likeness (QED) is 0.596. The van der Waals surface area contributed by atoms with Gasteiger partial charge in [0.1, 0.15) is 0 Å². The largest absolute Gasteiger partial charge is 0.393 e. The van der Waals surface area contributed by atoms with E-state index < -0.39 is 0 Å². The van der Waals surface area contributed by atoms with E-state index >= 15 is 0 Å². The summed E-state index contributed by atoms with van der Waals surface area (Å²) >= 11 is 7.79. The van der Waals surface area contributed by atoms with Crippen molar-refractivity contribution >= 4 is 46.2 Å². The molecule has 0 spiro atoms. The lowest BCUT2D eigenvalue weighted by atomic mass is 9.93. The summed E-state index contributed by atoms with van der Waals surface area (Å²) < 4.78 is 1.54. The molecule has 0 atom stereocenters. The Hall–Kier alpha value is -0.530. The third-order valence-corrected chi connectivity index (χ3v) is 4.50. The van der Waals surface area contributed by atoms with Crippen molar-refractivity contribution < 1.29 is 9.90 Å². The van der Waals surface area contributed by atoms with Gasteiger partial charge < -0.3 is 10.4 Å². The van der Waals surface area contributed by atoms with Gasteiger partial charge in [-0.2, -0.15) is 0 Å². The van der Waals surface area contributed by atoms with Crippen molar-refractivity contribution in [3.8, 4) is 0 Å². The number of hydrogen-bond acceptors (Lipinski definition) is 2. The first-order valence-electron chi connectivity index (χ1n) is 6.26. The van der Waals surface area contributed by atoms with E-state index in [-0.39, 0.29) is 18.2 Å². The summed E-state index contributed by atoms with van der Waals surface area (Å²) in [5.41, 5.74) is 0.790. The number of urea groups is 1. The van der Waals surface area contributed by atoms with E-state index in [2.05, 4.69) is 5.32 Å². The number of benzene rings is 1. The van der Waals surface area contributed by atoms with E-state index in [0.717, 1.165) is 31.4 Å². The first kappa shape index (κ1) is 14.9. The number of carbonyl (C=O) groups excluding carboxylic acids is 1. The molecule has 0 radical (unpaired) electrons. The summed E-state index contributed by atoms with van der Waals surface area (Å²) in [6, 6.07) is 7.14. The van der Waals surface area contributed by atoms with Gasteiger partial charge in [-0.15, -0.1) is 0 Å². The van der Waals surface area contributed by atoms with Crippen LogP contribution in [0.25, 0.3) is 0 Å². The van der Waals surface area contributed by atoms with E-state index in [9.17, 15) is 9.90 Å². The van der Waals surface area contributed by atoms with Crippen molar-refractivity contribution in [2.45, 2.75) is 37.8 Å². The number of aliphatic hydroxyl groups excluding tert-OH is 1. The van der Waals surface area contributed by atoms with E-state index in [1.165, 1.54) is 0 Å². The molecule has 1 saturated carbocycles. The third-order valence-electron chi connectivity index (χ3n) is 3.26. The lowest BCUT2D eigenvalue weighted by Gasteiger charge is -2.27. The Balaban J connectivity index is 1.90. The van der Waals surface area contributed by atoms with Gasteiger partial charge in [0.2, 0.25) is 0 Å². The van der Waals surface area contributed by atoms with Crippen LogP contribution in [0.1, 0.15) is 25.7 Å². The summed E-state index contributed by atoms with van der Waals surface area (Å²) in [7, 11) is 0. The van der Waals surface area contributed by atoms with Gasteiger partial charge in [0.15, 0.2) is 0 Å². The van der Waals surface area contributed by atoms with Crippen molar-refractivity contribution in [3.63, 3.8) is 0 Å². The van der Waals surface area contributed by atoms with Crippen molar-refractivity contribution in [1.29, 1.82) is 0 Å². The van der Waals surface area contributed by atoms with Crippen LogP contribution in [-0.2, 0) is 0 Å². The molecule has 1 aromatic rings. The molecule has 1 aliphatic carbocycles. The van der Waals surface area contributed by atoms with Crippen LogP contribution in [0.5, 0.6) is 0 Å². The zero-order chi connectivity index (χ0) is 13.8. The first-order chi connectivity index (χ1) is 9.06. The Morgan fingerprint density at radius 2 is 1.84 bits per heavy atom. The smallest absolute Gasteiger partial charge is 0.331 e. The third kappa shape index (κ3) is 4.22. The fourth-order valence-electron chi connectivity index (χ4n) is 2.14. The molecule has 1 fully saturated rings. The van der Waals surface area contributed by atoms with Crippen LogP contribution in [0.2, 0.25) is 5.02 Å². The van der Waals surface area contributed by atoms with E-state index in [1.54, 1.807) is 27.4 Å². The predicted molar refractivity (Wildman–Crippen MR) is 84.7 cm³/mol. The van der Waals surface area contributed by atoms with Crippen LogP contribution in [0.4, 0.5) is 10.5 Å². The molecule has 0 saturated heterocycles. The molecule has 6 heteroatoms. The van der Waals surface area contributed by atoms with Crippen LogP contribution in [0.3, 0.4) is 0 Å². The van der Waals surface area contributed by atoms with Gasteiger partial charge in [-0.05, 0) is 49.9 Å². The zero-order valence-electron chi connectivity index (χ0n) is 10.4. The number of hydrogen-bond donors (Lipinski definition) is 2. The molecule has 4 nitrogen and oxygen atoms in total. The van der Waals surface area contributed by atoms with Gasteiger partial charge in [-0.25, -0.2) is 7.91 Å². The van der Waals surface area contributed by atoms with E-state index in [1.807, 2.05) is 22.9 Å². The normalized spacial score (nSPS) is 22.9. The molecule has 0 aromatic heterocycles. The van der Waals surface area contributed by atoms with Gasteiger partial charge in [0.05, 0.1) is 34.7 Å². The van der Waals surface area contributed by atoms with Crippen molar-refractivity contribution in [2.24, 2.45) is 0 Å². The molecule has 0 aliphatic heterocycles. The minimum Gasteiger partial charge on any atom is -0.393 e. The minimum absolute atomic E-state index is 0.135. The predicted octanol–water partition coefficient (Wildman–Crippen LogP) is 3.51. The Labute approximate surface area is 131 Å². The van der Waals surface area contributed by atoms with Crippen molar-refractivity contribution in [1.82, 2.24) is 5.32 Å². The number of anilines is 1. The lowest BCUT2D eigenvalue weighted by Crippen LogP contribution is -2.43. The molecule has 1 aliphatic rings. The summed E-state index contributed by atoms with van der Waals surface area (Å²) in [4.78, 5) is 12.1. The maximum Gasteiger partial charge on any atom is 0.331 e. The Bertz CT molecular complexity index is 433. The molecule has 104 valence electrons. The molecular formula is C13H16ClIN2O2. The Kier molecular flexibility index (Phi) is 5.29. The summed E-state index contributed by atoms with van der Waals surface area (Å²) in [6.07, 6.45) is 2.97. The van der Waals surface area contributed by atoms with Crippen molar-refractivity contribution in [3.05, 3.63) is 29.3 Å². The summed E-state index contributed by atoms with van der Waals surface area (Å²) in [6.45, 7) is 0. The van der Waals surface area contributed by atoms with E-state index in [4.69, 9.17) is 11.6 Å². The average molecular weight is 395 g/mol. The monoisotopic (exact) mass is 394 g/mol. The number of aliphatic hydroxyl groups is 1. The van der Waals surface area contributed by atoms with Crippen LogP contribution >= 0.6 is 34.5 Å². The average Bonchev–Trinajstić information content (AvgIpc) is 2.41. The molecule has 2 amide bonds. The maximum atomic E-state index is 12.1. The second-order valence-corrected chi connectivity index (χ2v) is 6.11. The van der Waals surface area contributed by atoms with Gasteiger partial charge in [-0.3, -0.25) is 0 Å². The fourth-order valence-corrected chi connectivity index (χ4v) is 2.73. The Morgan fingerprint density at radius 1 is 1.26 bits per heavy atom. The standard InChI is InChI=1S/C13H16ClIN2O2/c14-9-1-5-11(6-2-9)17(15)13(19)16-10-3-7-12(18)8-4-10/h1-2,5-6,10,12,18H,3-4,7-8H2,(H,16,19). The highest BCUT2D eigenvalue weighted by Gasteiger charge is 2.22. The van der Waals surface area contributed by atoms with Crippen LogP contribution in [-0.4, -0.2) is 23.3 Å². The number of halogens is 2. The molecular weight excluding hydrogens is 379 g/mol. The number of carbonyl (C=O) groups is 1. The summed E-state index contributed by atoms with van der Waals surface area (Å²) in [5.74, 6) is 0. The highest BCUT2D eigenvalue weighted by molar-refractivity contribution is 14.1.